The number of benzene rings is 5. The first-order valence-electron chi connectivity index (χ1n) is 26.3. The molecular weight excluding hydrogens is 1010 g/mol. The number of para-hydroxylation sites is 2. The molecule has 4 aliphatic rings. The van der Waals surface area contributed by atoms with E-state index in [-0.39, 0.29) is 91.6 Å². The summed E-state index contributed by atoms with van der Waals surface area (Å²) >= 11 is 0. The first-order valence-corrected chi connectivity index (χ1v) is 26.3. The minimum atomic E-state index is -0.974. The number of carboxylic acid groups (broad SMARTS) is 1. The third-order valence-electron chi connectivity index (χ3n) is 14.3. The molecule has 0 aliphatic carbocycles. The van der Waals surface area contributed by atoms with E-state index < -0.39 is 42.0 Å². The van der Waals surface area contributed by atoms with Crippen molar-refractivity contribution in [2.24, 2.45) is 10.9 Å². The highest BCUT2D eigenvalue weighted by atomic mass is 16.6. The third kappa shape index (κ3) is 12.1. The molecule has 0 radical (unpaired) electrons. The molecule has 79 heavy (non-hydrogen) atoms. The molecule has 0 fully saturated rings. The zero-order chi connectivity index (χ0) is 55.9. The van der Waals surface area contributed by atoms with Gasteiger partial charge < -0.3 is 49.6 Å². The number of hydrogen-bond acceptors (Lipinski definition) is 13. The fourth-order valence-electron chi connectivity index (χ4n) is 10.2. The number of carbonyl (C=O) groups is 7. The van der Waals surface area contributed by atoms with Crippen LogP contribution in [-0.2, 0) is 43.4 Å². The Labute approximate surface area is 457 Å². The Kier molecular flexibility index (Phi) is 16.8. The summed E-state index contributed by atoms with van der Waals surface area (Å²) in [6, 6.07) is 26.2. The van der Waals surface area contributed by atoms with Gasteiger partial charge in [0.05, 0.1) is 68.6 Å². The fraction of sp³-hybridized carbons (Fsp3) is 0.356. The van der Waals surface area contributed by atoms with Crippen molar-refractivity contribution < 1.29 is 62.4 Å². The Balaban J connectivity index is 0.836. The van der Waals surface area contributed by atoms with Crippen molar-refractivity contribution >= 4 is 76.2 Å². The average Bonchev–Trinajstić information content (AvgIpc) is 4.20. The summed E-state index contributed by atoms with van der Waals surface area (Å²) < 4.78 is 29.9. The summed E-state index contributed by atoms with van der Waals surface area (Å²) in [6.45, 7) is 5.34. The predicted molar refractivity (Wildman–Crippen MR) is 294 cm³/mol. The smallest absolute Gasteiger partial charge is 0.414 e. The summed E-state index contributed by atoms with van der Waals surface area (Å²) in [5, 5.41) is 17.0. The predicted octanol–water partition coefficient (Wildman–Crippen LogP) is 7.80. The molecule has 4 N–H and O–H groups in total. The molecule has 0 aromatic heterocycles. The third-order valence-corrected chi connectivity index (χ3v) is 14.3. The van der Waals surface area contributed by atoms with Crippen LogP contribution in [0.4, 0.5) is 33.2 Å². The van der Waals surface area contributed by atoms with E-state index in [1.54, 1.807) is 78.4 Å². The van der Waals surface area contributed by atoms with Gasteiger partial charge in [-0.1, -0.05) is 62.4 Å². The molecule has 4 aliphatic heterocycles. The van der Waals surface area contributed by atoms with Crippen molar-refractivity contribution in [3.05, 3.63) is 125 Å². The molecule has 9 rings (SSSR count). The molecule has 6 amide bonds. The number of ether oxygens (including phenoxy) is 5. The van der Waals surface area contributed by atoms with Crippen molar-refractivity contribution in [1.82, 2.24) is 10.6 Å². The first kappa shape index (κ1) is 54.8. The maximum Gasteiger partial charge on any atom is 0.414 e. The number of unbranched alkanes of at least 4 members (excludes halogenated alkanes) is 1. The van der Waals surface area contributed by atoms with E-state index in [1.807, 2.05) is 48.5 Å². The largest absolute Gasteiger partial charge is 0.493 e. The van der Waals surface area contributed by atoms with Gasteiger partial charge in [-0.2, -0.15) is 0 Å². The number of fused-ring (bicyclic) bond motifs is 8. The number of rotatable bonds is 21. The molecule has 20 heteroatoms. The lowest BCUT2D eigenvalue weighted by molar-refractivity contribution is -0.137. The van der Waals surface area contributed by atoms with E-state index in [2.05, 4.69) is 16.0 Å². The molecule has 4 atom stereocenters. The van der Waals surface area contributed by atoms with Crippen LogP contribution in [0.15, 0.2) is 102 Å². The zero-order valence-corrected chi connectivity index (χ0v) is 44.6. The van der Waals surface area contributed by atoms with E-state index in [0.717, 1.165) is 22.5 Å². The van der Waals surface area contributed by atoms with Gasteiger partial charge in [-0.25, -0.2) is 4.79 Å². The number of anilines is 4. The Morgan fingerprint density at radius 3 is 1.97 bits per heavy atom. The summed E-state index contributed by atoms with van der Waals surface area (Å²) in [5.74, 6) is -1.81. The Morgan fingerprint density at radius 2 is 1.30 bits per heavy atom. The van der Waals surface area contributed by atoms with Crippen LogP contribution in [0, 0.1) is 5.92 Å². The number of hydrogen-bond donors (Lipinski definition) is 4. The molecule has 0 saturated heterocycles. The molecule has 0 bridgehead atoms. The van der Waals surface area contributed by atoms with Crippen molar-refractivity contribution in [2.45, 2.75) is 96.5 Å². The van der Waals surface area contributed by atoms with Crippen LogP contribution >= 0.6 is 0 Å². The van der Waals surface area contributed by atoms with Crippen molar-refractivity contribution in [3.8, 4) is 23.0 Å². The van der Waals surface area contributed by atoms with E-state index in [9.17, 15) is 33.6 Å². The van der Waals surface area contributed by atoms with Crippen LogP contribution in [0.5, 0.6) is 23.0 Å². The lowest BCUT2D eigenvalue weighted by Gasteiger charge is -2.26. The van der Waals surface area contributed by atoms with Gasteiger partial charge in [0.2, 0.25) is 17.7 Å². The van der Waals surface area contributed by atoms with Crippen LogP contribution in [-0.4, -0.2) is 111 Å². The highest BCUT2D eigenvalue weighted by Crippen LogP contribution is 2.44. The number of methoxy groups -OCH3 is 2. The average molecular weight is 1080 g/mol. The number of carbonyl (C=O) groups excluding carboxylic acids is 6. The molecule has 1 unspecified atom stereocenters. The lowest BCUT2D eigenvalue weighted by Crippen LogP contribution is -2.53. The number of amides is 6. The molecule has 412 valence electrons. The second-order valence-electron chi connectivity index (χ2n) is 20.1. The number of carboxylic acids is 1. The van der Waals surface area contributed by atoms with Gasteiger partial charge in [0, 0.05) is 61.1 Å². The quantitative estimate of drug-likeness (QED) is 0.0514. The lowest BCUT2D eigenvalue weighted by atomic mass is 10.0. The molecule has 5 aromatic carbocycles. The second kappa shape index (κ2) is 24.2. The normalized spacial score (nSPS) is 16.4. The Bertz CT molecular complexity index is 3200. The van der Waals surface area contributed by atoms with Crippen molar-refractivity contribution in [1.29, 1.82) is 0 Å². The highest BCUT2D eigenvalue weighted by molar-refractivity contribution is 6.16. The molecule has 0 saturated carbocycles. The Morgan fingerprint density at radius 1 is 0.684 bits per heavy atom. The van der Waals surface area contributed by atoms with Gasteiger partial charge in [-0.3, -0.25) is 43.6 Å². The summed E-state index contributed by atoms with van der Waals surface area (Å²) in [6.07, 6.45) is 3.37. The van der Waals surface area contributed by atoms with Gasteiger partial charge in [0.25, 0.3) is 11.8 Å². The fourth-order valence-corrected chi connectivity index (χ4v) is 10.2. The summed E-state index contributed by atoms with van der Waals surface area (Å²) in [4.78, 5) is 102. The van der Waals surface area contributed by atoms with Gasteiger partial charge in [-0.15, -0.1) is 0 Å². The first-order chi connectivity index (χ1) is 38.1. The van der Waals surface area contributed by atoms with Crippen LogP contribution in [0.1, 0.15) is 90.3 Å². The van der Waals surface area contributed by atoms with Crippen molar-refractivity contribution in [3.63, 3.8) is 0 Å². The van der Waals surface area contributed by atoms with Gasteiger partial charge in [0.15, 0.2) is 23.0 Å². The van der Waals surface area contributed by atoms with Gasteiger partial charge >= 0.3 is 12.1 Å². The maximum absolute atomic E-state index is 14.6. The standard InChI is InChI=1S/C59H63N7O13/c1-34(2)54(63-52(67)17-10-11-18-53(68)69)56(71)61-35(3)55(70)62-39-21-19-36(20-22-39)33-79-59(74)64-32-41-26-38-14-7-9-16-46(38)66(41)58(73)43-28-49(76-5)51(30-47(43)64)78-24-12-23-77-50-29-44-42(27-48(50)75-4)57(72)65-40(31-60-44)25-37-13-6-8-15-45(37)65/h6-9,13-16,19-22,27-31,34-35,40-41,54H,10-12,17-18,23-26,32-33H2,1-5H3,(H,61,71)(H,62,70)(H,63,67)(H,68,69)/t35-,40?,41+,54-/m1/s1. The van der Waals surface area contributed by atoms with Crippen LogP contribution in [0.3, 0.4) is 0 Å². The van der Waals surface area contributed by atoms with Crippen molar-refractivity contribution in [2.75, 3.05) is 54.0 Å². The van der Waals surface area contributed by atoms with Gasteiger partial charge in [-0.05, 0) is 85.2 Å². The highest BCUT2D eigenvalue weighted by Gasteiger charge is 2.43. The van der Waals surface area contributed by atoms with Crippen LogP contribution in [0.25, 0.3) is 0 Å². The van der Waals surface area contributed by atoms with E-state index in [0.29, 0.717) is 66.1 Å². The number of nitrogens with zero attached hydrogens (tertiary/aromatic N) is 4. The second-order valence-corrected chi connectivity index (χ2v) is 20.1. The maximum atomic E-state index is 14.6. The molecule has 0 spiro atoms. The summed E-state index contributed by atoms with van der Waals surface area (Å²) in [5.41, 5.74) is 6.06. The minimum absolute atomic E-state index is 0.0516. The number of aliphatic imine (C=N–C) groups is 1. The van der Waals surface area contributed by atoms with E-state index in [4.69, 9.17) is 33.8 Å². The SMILES string of the molecule is COc1cc2c(cc1OCCCOc1cc3c(cc1OC)C(=O)N1c4ccccc4C[C@H]1CN3C(=O)OCc1ccc(NC(=O)[C@@H](C)NC(=O)[C@H](NC(=O)CCCCC(=O)O)C(C)C)cc1)N=CC1Cc3ccccc3N1C2=O. The topological polar surface area (TPSA) is 244 Å². The van der Waals surface area contributed by atoms with Crippen LogP contribution in [0.2, 0.25) is 0 Å². The molecule has 4 heterocycles. The van der Waals surface area contributed by atoms with E-state index >= 15 is 0 Å². The number of nitrogens with one attached hydrogen (secondary N) is 3. The molecule has 20 nitrogen and oxygen atoms in total. The molecular formula is C59H63N7O13. The monoisotopic (exact) mass is 1080 g/mol. The van der Waals surface area contributed by atoms with E-state index in [1.165, 1.54) is 26.0 Å². The minimum Gasteiger partial charge on any atom is -0.493 e. The molecule has 5 aromatic rings. The van der Waals surface area contributed by atoms with Gasteiger partial charge in [0.1, 0.15) is 18.7 Å². The summed E-state index contributed by atoms with van der Waals surface area (Å²) in [7, 11) is 2.98. The Hall–Kier alpha value is -8.94. The van der Waals surface area contributed by atoms with Crippen LogP contribution < -0.4 is 49.6 Å². The zero-order valence-electron chi connectivity index (χ0n) is 44.6. The number of aliphatic carboxylic acids is 1.